The standard InChI is InChI=1S/C13H16FN3O3/c1-2-20-11-4-3-8(5-9(11)14)17-13(19)10-6-16-12(18)7-15-10/h3-5,10,15H,2,6-7H2,1H3,(H,16,18)(H,17,19). The maximum absolute atomic E-state index is 13.6. The Morgan fingerprint density at radius 3 is 2.95 bits per heavy atom. The van der Waals surface area contributed by atoms with Crippen LogP contribution in [0.25, 0.3) is 0 Å². The normalized spacial score (nSPS) is 18.3. The lowest BCUT2D eigenvalue weighted by Crippen LogP contribution is -2.56. The molecule has 1 aliphatic rings. The van der Waals surface area contributed by atoms with Crippen LogP contribution in [0.4, 0.5) is 10.1 Å². The van der Waals surface area contributed by atoms with E-state index in [0.29, 0.717) is 12.3 Å². The molecule has 1 heterocycles. The average molecular weight is 281 g/mol. The highest BCUT2D eigenvalue weighted by Gasteiger charge is 2.23. The van der Waals surface area contributed by atoms with E-state index in [1.54, 1.807) is 13.0 Å². The van der Waals surface area contributed by atoms with Crippen molar-refractivity contribution in [3.05, 3.63) is 24.0 Å². The van der Waals surface area contributed by atoms with Crippen molar-refractivity contribution in [2.45, 2.75) is 13.0 Å². The van der Waals surface area contributed by atoms with Crippen LogP contribution in [0.1, 0.15) is 6.92 Å². The van der Waals surface area contributed by atoms with Gasteiger partial charge in [0.1, 0.15) is 6.04 Å². The molecule has 0 saturated carbocycles. The molecule has 1 aromatic carbocycles. The summed E-state index contributed by atoms with van der Waals surface area (Å²) >= 11 is 0. The highest BCUT2D eigenvalue weighted by Crippen LogP contribution is 2.21. The molecule has 3 N–H and O–H groups in total. The van der Waals surface area contributed by atoms with Gasteiger partial charge < -0.3 is 15.4 Å². The largest absolute Gasteiger partial charge is 0.491 e. The zero-order chi connectivity index (χ0) is 14.5. The first kappa shape index (κ1) is 14.3. The monoisotopic (exact) mass is 281 g/mol. The summed E-state index contributed by atoms with van der Waals surface area (Å²) in [5, 5.41) is 7.96. The predicted octanol–water partition coefficient (Wildman–Crippen LogP) is 0.251. The number of benzene rings is 1. The number of carbonyl (C=O) groups is 2. The van der Waals surface area contributed by atoms with E-state index < -0.39 is 11.9 Å². The minimum Gasteiger partial charge on any atom is -0.491 e. The lowest BCUT2D eigenvalue weighted by atomic mass is 10.2. The minimum atomic E-state index is -0.533. The predicted molar refractivity (Wildman–Crippen MR) is 71.0 cm³/mol. The van der Waals surface area contributed by atoms with Gasteiger partial charge in [-0.05, 0) is 19.1 Å². The fraction of sp³-hybridized carbons (Fsp3) is 0.385. The number of halogens is 1. The third kappa shape index (κ3) is 3.45. The van der Waals surface area contributed by atoms with Crippen LogP contribution in [-0.2, 0) is 9.59 Å². The minimum absolute atomic E-state index is 0.0930. The molecule has 2 rings (SSSR count). The molecule has 6 nitrogen and oxygen atoms in total. The zero-order valence-corrected chi connectivity index (χ0v) is 11.0. The van der Waals surface area contributed by atoms with Crippen molar-refractivity contribution in [3.8, 4) is 5.75 Å². The van der Waals surface area contributed by atoms with Crippen LogP contribution in [-0.4, -0.2) is 37.6 Å². The highest BCUT2D eigenvalue weighted by molar-refractivity contribution is 5.96. The zero-order valence-electron chi connectivity index (χ0n) is 11.0. The molecule has 0 spiro atoms. The molecule has 0 aliphatic carbocycles. The van der Waals surface area contributed by atoms with Crippen molar-refractivity contribution in [2.75, 3.05) is 25.0 Å². The quantitative estimate of drug-likeness (QED) is 0.739. The summed E-state index contributed by atoms with van der Waals surface area (Å²) in [6.45, 7) is 2.44. The number of carbonyl (C=O) groups excluding carboxylic acids is 2. The topological polar surface area (TPSA) is 79.5 Å². The lowest BCUT2D eigenvalue weighted by Gasteiger charge is -2.23. The summed E-state index contributed by atoms with van der Waals surface area (Å²) in [5.74, 6) is -0.863. The van der Waals surface area contributed by atoms with Gasteiger partial charge in [-0.2, -0.15) is 0 Å². The first-order chi connectivity index (χ1) is 9.60. The van der Waals surface area contributed by atoms with Crippen molar-refractivity contribution in [1.82, 2.24) is 10.6 Å². The lowest BCUT2D eigenvalue weighted by molar-refractivity contribution is -0.124. The van der Waals surface area contributed by atoms with Crippen LogP contribution < -0.4 is 20.7 Å². The Labute approximate surface area is 115 Å². The summed E-state index contributed by atoms with van der Waals surface area (Å²) in [7, 11) is 0. The van der Waals surface area contributed by atoms with Gasteiger partial charge >= 0.3 is 0 Å². The Balaban J connectivity index is 1.97. The molecule has 1 unspecified atom stereocenters. The smallest absolute Gasteiger partial charge is 0.243 e. The molecule has 2 amide bonds. The summed E-state index contributed by atoms with van der Waals surface area (Å²) in [5.41, 5.74) is 0.342. The molecule has 0 radical (unpaired) electrons. The van der Waals surface area contributed by atoms with Crippen LogP contribution in [0.3, 0.4) is 0 Å². The van der Waals surface area contributed by atoms with Gasteiger partial charge in [0.15, 0.2) is 11.6 Å². The molecule has 1 atom stereocenters. The molecule has 1 fully saturated rings. The third-order valence-electron chi connectivity index (χ3n) is 2.83. The maximum Gasteiger partial charge on any atom is 0.243 e. The van der Waals surface area contributed by atoms with Crippen molar-refractivity contribution >= 4 is 17.5 Å². The Bertz CT molecular complexity index is 512. The Morgan fingerprint density at radius 1 is 1.55 bits per heavy atom. The highest BCUT2D eigenvalue weighted by atomic mass is 19.1. The van der Waals surface area contributed by atoms with Gasteiger partial charge in [-0.3, -0.25) is 14.9 Å². The Kier molecular flexibility index (Phi) is 4.52. The molecule has 1 saturated heterocycles. The average Bonchev–Trinajstić information content (AvgIpc) is 2.42. The first-order valence-corrected chi connectivity index (χ1v) is 6.33. The Hall–Kier alpha value is -2.15. The van der Waals surface area contributed by atoms with Gasteiger partial charge in [0, 0.05) is 18.3 Å². The van der Waals surface area contributed by atoms with Gasteiger partial charge in [-0.1, -0.05) is 0 Å². The van der Waals surface area contributed by atoms with E-state index in [1.807, 2.05) is 0 Å². The number of rotatable bonds is 4. The molecule has 7 heteroatoms. The van der Waals surface area contributed by atoms with E-state index >= 15 is 0 Å². The SMILES string of the molecule is CCOc1ccc(NC(=O)C2CNC(=O)CN2)cc1F. The number of hydrogen-bond acceptors (Lipinski definition) is 4. The van der Waals surface area contributed by atoms with E-state index in [9.17, 15) is 14.0 Å². The van der Waals surface area contributed by atoms with Gasteiger partial charge in [0.05, 0.1) is 13.2 Å². The number of nitrogens with one attached hydrogen (secondary N) is 3. The number of ether oxygens (including phenoxy) is 1. The van der Waals surface area contributed by atoms with E-state index in [4.69, 9.17) is 4.74 Å². The third-order valence-corrected chi connectivity index (χ3v) is 2.83. The summed E-state index contributed by atoms with van der Waals surface area (Å²) in [4.78, 5) is 22.9. The fourth-order valence-electron chi connectivity index (χ4n) is 1.83. The van der Waals surface area contributed by atoms with Gasteiger partial charge in [0.2, 0.25) is 11.8 Å². The molecule has 108 valence electrons. The molecular weight excluding hydrogens is 265 g/mol. The van der Waals surface area contributed by atoms with E-state index in [2.05, 4.69) is 16.0 Å². The Morgan fingerprint density at radius 2 is 2.35 bits per heavy atom. The molecule has 20 heavy (non-hydrogen) atoms. The molecule has 0 bridgehead atoms. The fourth-order valence-corrected chi connectivity index (χ4v) is 1.83. The van der Waals surface area contributed by atoms with Gasteiger partial charge in [0.25, 0.3) is 0 Å². The number of piperazine rings is 1. The number of amides is 2. The summed E-state index contributed by atoms with van der Waals surface area (Å²) in [6.07, 6.45) is 0. The van der Waals surface area contributed by atoms with E-state index in [1.165, 1.54) is 12.1 Å². The second-order valence-corrected chi connectivity index (χ2v) is 4.31. The molecule has 1 aromatic rings. The molecule has 0 aromatic heterocycles. The number of hydrogen-bond donors (Lipinski definition) is 3. The summed E-state index contributed by atoms with van der Waals surface area (Å²) < 4.78 is 18.7. The maximum atomic E-state index is 13.6. The van der Waals surface area contributed by atoms with Crippen molar-refractivity contribution in [3.63, 3.8) is 0 Å². The van der Waals surface area contributed by atoms with Crippen LogP contribution in [0.5, 0.6) is 5.75 Å². The van der Waals surface area contributed by atoms with Crippen LogP contribution in [0.2, 0.25) is 0 Å². The molecule has 1 aliphatic heterocycles. The van der Waals surface area contributed by atoms with E-state index in [0.717, 1.165) is 0 Å². The van der Waals surface area contributed by atoms with Gasteiger partial charge in [-0.15, -0.1) is 0 Å². The molecular formula is C13H16FN3O3. The van der Waals surface area contributed by atoms with Crippen molar-refractivity contribution < 1.29 is 18.7 Å². The second kappa shape index (κ2) is 6.33. The van der Waals surface area contributed by atoms with Crippen LogP contribution in [0, 0.1) is 5.82 Å². The first-order valence-electron chi connectivity index (χ1n) is 6.33. The number of anilines is 1. The summed E-state index contributed by atoms with van der Waals surface area (Å²) in [6, 6.07) is 3.70. The van der Waals surface area contributed by atoms with Crippen LogP contribution >= 0.6 is 0 Å². The second-order valence-electron chi connectivity index (χ2n) is 4.31. The van der Waals surface area contributed by atoms with Crippen molar-refractivity contribution in [1.29, 1.82) is 0 Å². The van der Waals surface area contributed by atoms with Crippen molar-refractivity contribution in [2.24, 2.45) is 0 Å². The van der Waals surface area contributed by atoms with E-state index in [-0.39, 0.29) is 30.7 Å². The van der Waals surface area contributed by atoms with Crippen LogP contribution in [0.15, 0.2) is 18.2 Å². The van der Waals surface area contributed by atoms with Gasteiger partial charge in [-0.25, -0.2) is 4.39 Å².